The summed E-state index contributed by atoms with van der Waals surface area (Å²) >= 11 is 0. The normalized spacial score (nSPS) is 9.27. The molecule has 0 atom stereocenters. The van der Waals surface area contributed by atoms with Gasteiger partial charge in [0.15, 0.2) is 5.69 Å². The lowest BCUT2D eigenvalue weighted by Crippen LogP contribution is -1.80. The summed E-state index contributed by atoms with van der Waals surface area (Å²) in [7, 11) is 0. The number of pyridine rings is 1. The second kappa shape index (κ2) is 3.19. The van der Waals surface area contributed by atoms with Crippen molar-refractivity contribution >= 4 is 6.08 Å². The third-order valence-corrected chi connectivity index (χ3v) is 1.26. The average molecular weight is 150 g/mol. The summed E-state index contributed by atoms with van der Waals surface area (Å²) in [6.45, 7) is 3.99. The third-order valence-electron chi connectivity index (χ3n) is 1.26. The molecule has 2 nitrogen and oxygen atoms in total. The molecule has 11 heavy (non-hydrogen) atoms. The van der Waals surface area contributed by atoms with E-state index in [2.05, 4.69) is 4.98 Å². The topological polar surface area (TPSA) is 35.8 Å². The Balaban J connectivity index is 3.04. The third kappa shape index (κ3) is 2.08. The van der Waals surface area contributed by atoms with Crippen LogP contribution in [0, 0.1) is 0 Å². The molecule has 0 fully saturated rings. The van der Waals surface area contributed by atoms with Gasteiger partial charge in [-0.3, -0.25) is 0 Å². The molecular formula is C9H12NO+. The lowest BCUT2D eigenvalue weighted by Gasteiger charge is -1.93. The van der Waals surface area contributed by atoms with Crippen LogP contribution < -0.4 is 0 Å². The van der Waals surface area contributed by atoms with Gasteiger partial charge in [-0.25, -0.2) is 4.98 Å². The maximum absolute atomic E-state index is 7.46. The summed E-state index contributed by atoms with van der Waals surface area (Å²) < 4.78 is 0. The van der Waals surface area contributed by atoms with Crippen molar-refractivity contribution < 1.29 is 5.11 Å². The van der Waals surface area contributed by atoms with E-state index in [1.54, 1.807) is 18.3 Å². The highest BCUT2D eigenvalue weighted by Gasteiger charge is 2.00. The van der Waals surface area contributed by atoms with Crippen molar-refractivity contribution in [2.75, 3.05) is 0 Å². The van der Waals surface area contributed by atoms with Gasteiger partial charge >= 0.3 is 0 Å². The van der Waals surface area contributed by atoms with Crippen molar-refractivity contribution in [3.8, 4) is 5.75 Å². The lowest BCUT2D eigenvalue weighted by molar-refractivity contribution is 0.471. The summed E-state index contributed by atoms with van der Waals surface area (Å²) in [4.78, 5) is 4.05. The average Bonchev–Trinajstić information content (AvgIpc) is 1.93. The van der Waals surface area contributed by atoms with Gasteiger partial charge in [0, 0.05) is 12.3 Å². The predicted molar refractivity (Wildman–Crippen MR) is 46.6 cm³/mol. The van der Waals surface area contributed by atoms with Crippen LogP contribution in [0.15, 0.2) is 23.9 Å². The van der Waals surface area contributed by atoms with Crippen LogP contribution in [0.25, 0.3) is 6.08 Å². The van der Waals surface area contributed by atoms with Crippen LogP contribution in [0.5, 0.6) is 5.75 Å². The molecule has 0 unspecified atom stereocenters. The first-order valence-corrected chi connectivity index (χ1v) is 3.51. The highest BCUT2D eigenvalue weighted by molar-refractivity contribution is 5.54. The fourth-order valence-electron chi connectivity index (χ4n) is 0.806. The molecule has 2 heteroatoms. The number of nitrogens with zero attached hydrogens (tertiary/aromatic N) is 1. The molecule has 1 rings (SSSR count). The van der Waals surface area contributed by atoms with Gasteiger partial charge in [-0.1, -0.05) is 5.57 Å². The highest BCUT2D eigenvalue weighted by atomic mass is 16.3. The van der Waals surface area contributed by atoms with Gasteiger partial charge in [0.05, 0.1) is 0 Å². The Morgan fingerprint density at radius 1 is 1.55 bits per heavy atom. The van der Waals surface area contributed by atoms with Gasteiger partial charge in [0.2, 0.25) is 0 Å². The van der Waals surface area contributed by atoms with Crippen molar-refractivity contribution in [3.63, 3.8) is 0 Å². The van der Waals surface area contributed by atoms with Crippen molar-refractivity contribution in [2.24, 2.45) is 0 Å². The summed E-state index contributed by atoms with van der Waals surface area (Å²) in [5.41, 5.74) is 1.91. The lowest BCUT2D eigenvalue weighted by atomic mass is 10.2. The van der Waals surface area contributed by atoms with Crippen LogP contribution >= 0.6 is 0 Å². The van der Waals surface area contributed by atoms with Crippen LogP contribution in [0.3, 0.4) is 0 Å². The van der Waals surface area contributed by atoms with Crippen LogP contribution in [-0.2, 0) is 0 Å². The summed E-state index contributed by atoms with van der Waals surface area (Å²) in [5, 5.41) is 7.46. The van der Waals surface area contributed by atoms with E-state index < -0.39 is 0 Å². The fourth-order valence-corrected chi connectivity index (χ4v) is 0.806. The number of aromatic nitrogens is 1. The first kappa shape index (κ1) is 7.79. The molecule has 0 radical (unpaired) electrons. The number of rotatable bonds is 1. The first-order chi connectivity index (χ1) is 5.20. The maximum Gasteiger partial charge on any atom is 0.280 e. The molecule has 0 aliphatic carbocycles. The van der Waals surface area contributed by atoms with E-state index in [1.165, 1.54) is 0 Å². The molecule has 2 N–H and O–H groups in total. The summed E-state index contributed by atoms with van der Waals surface area (Å²) in [6.07, 6.45) is 3.61. The standard InChI is InChI=1S/C9H11NO/c1-7(2)6-8-9(11)4-3-5-10-8/h3-6,11H,1-2H3/p+1. The molecule has 1 heterocycles. The molecule has 0 aliphatic heterocycles. The van der Waals surface area contributed by atoms with Crippen LogP contribution in [0.4, 0.5) is 0 Å². The minimum Gasteiger partial charge on any atom is -0.592 e. The fraction of sp³-hybridized carbons (Fsp3) is 0.222. The van der Waals surface area contributed by atoms with Gasteiger partial charge < -0.3 is 5.11 Å². The van der Waals surface area contributed by atoms with E-state index in [9.17, 15) is 0 Å². The Hall–Kier alpha value is -1.31. The smallest absolute Gasteiger partial charge is 0.280 e. The summed E-state index contributed by atoms with van der Waals surface area (Å²) in [6, 6.07) is 3.51. The molecular weight excluding hydrogens is 138 g/mol. The van der Waals surface area contributed by atoms with Gasteiger partial charge in [0.1, 0.15) is 0 Å². The molecule has 0 amide bonds. The molecule has 0 aromatic carbocycles. The van der Waals surface area contributed by atoms with Crippen LogP contribution in [0.1, 0.15) is 19.5 Å². The zero-order valence-corrected chi connectivity index (χ0v) is 6.76. The van der Waals surface area contributed by atoms with E-state index in [0.717, 1.165) is 11.3 Å². The van der Waals surface area contributed by atoms with E-state index in [-0.39, 0.29) is 0 Å². The largest absolute Gasteiger partial charge is 0.592 e. The second-order valence-electron chi connectivity index (χ2n) is 2.66. The SMILES string of the molecule is CC(C)=Cc1ncccc1[OH2+]. The van der Waals surface area contributed by atoms with Gasteiger partial charge in [-0.2, -0.15) is 0 Å². The van der Waals surface area contributed by atoms with Gasteiger partial charge in [-0.05, 0) is 26.0 Å². The minimum absolute atomic E-state index is 0.480. The van der Waals surface area contributed by atoms with E-state index in [1.807, 2.05) is 19.9 Å². The number of allylic oxidation sites excluding steroid dienone is 1. The predicted octanol–water partition coefficient (Wildman–Crippen LogP) is 1.94. The van der Waals surface area contributed by atoms with Crippen molar-refractivity contribution in [1.29, 1.82) is 0 Å². The minimum atomic E-state index is 0.480. The molecule has 0 bridgehead atoms. The summed E-state index contributed by atoms with van der Waals surface area (Å²) in [5.74, 6) is 0.480. The van der Waals surface area contributed by atoms with Crippen LogP contribution in [0.2, 0.25) is 0 Å². The maximum atomic E-state index is 7.46. The molecule has 1 aromatic rings. The van der Waals surface area contributed by atoms with E-state index in [0.29, 0.717) is 5.75 Å². The van der Waals surface area contributed by atoms with Crippen molar-refractivity contribution in [1.82, 2.24) is 4.98 Å². The quantitative estimate of drug-likeness (QED) is 0.563. The Morgan fingerprint density at radius 3 is 2.82 bits per heavy atom. The van der Waals surface area contributed by atoms with E-state index in [4.69, 9.17) is 5.11 Å². The molecule has 58 valence electrons. The number of hydrogen-bond donors (Lipinski definition) is 0. The van der Waals surface area contributed by atoms with E-state index >= 15 is 0 Å². The Bertz CT molecular complexity index is 275. The molecule has 0 aliphatic rings. The van der Waals surface area contributed by atoms with Crippen LogP contribution in [-0.4, -0.2) is 10.1 Å². The van der Waals surface area contributed by atoms with Crippen molar-refractivity contribution in [3.05, 3.63) is 29.6 Å². The number of hydrogen-bond acceptors (Lipinski definition) is 1. The Morgan fingerprint density at radius 2 is 2.27 bits per heavy atom. The zero-order valence-electron chi connectivity index (χ0n) is 6.76. The first-order valence-electron chi connectivity index (χ1n) is 3.51. The Labute approximate surface area is 66.2 Å². The van der Waals surface area contributed by atoms with Gasteiger partial charge in [-0.15, -0.1) is 0 Å². The molecule has 0 saturated carbocycles. The highest BCUT2D eigenvalue weighted by Crippen LogP contribution is 2.15. The van der Waals surface area contributed by atoms with Crippen molar-refractivity contribution in [2.45, 2.75) is 13.8 Å². The monoisotopic (exact) mass is 150 g/mol. The molecule has 0 saturated heterocycles. The molecule has 1 aromatic heterocycles. The second-order valence-corrected chi connectivity index (χ2v) is 2.66. The van der Waals surface area contributed by atoms with Gasteiger partial charge in [0.25, 0.3) is 5.75 Å². The Kier molecular flexibility index (Phi) is 2.26. The molecule has 0 spiro atoms. The zero-order chi connectivity index (χ0) is 8.27.